The van der Waals surface area contributed by atoms with Gasteiger partial charge >= 0.3 is 30.2 Å². The lowest BCUT2D eigenvalue weighted by molar-refractivity contribution is -0.468. The highest BCUT2D eigenvalue weighted by atomic mass is 19.4. The Morgan fingerprint density at radius 3 is 2.38 bits per heavy atom. The number of carbonyl (C=O) groups is 3. The predicted octanol–water partition coefficient (Wildman–Crippen LogP) is 5.13. The van der Waals surface area contributed by atoms with Crippen molar-refractivity contribution in [1.29, 1.82) is 5.26 Å². The van der Waals surface area contributed by atoms with Crippen LogP contribution in [0.5, 0.6) is 0 Å². The molecule has 1 aliphatic heterocycles. The van der Waals surface area contributed by atoms with Crippen molar-refractivity contribution in [3.05, 3.63) is 76.5 Å². The predicted molar refractivity (Wildman–Crippen MR) is 171 cm³/mol. The highest BCUT2D eigenvalue weighted by Crippen LogP contribution is 2.41. The lowest BCUT2D eigenvalue weighted by atomic mass is 9.92. The Hall–Kier alpha value is -5.06. The summed E-state index contributed by atoms with van der Waals surface area (Å²) >= 11 is 0. The van der Waals surface area contributed by atoms with Crippen molar-refractivity contribution >= 4 is 29.7 Å². The Balaban J connectivity index is 1.93. The Morgan fingerprint density at radius 1 is 1.08 bits per heavy atom. The van der Waals surface area contributed by atoms with Gasteiger partial charge in [-0.2, -0.15) is 18.4 Å². The van der Waals surface area contributed by atoms with Gasteiger partial charge in [-0.05, 0) is 83.4 Å². The molecule has 0 saturated heterocycles. The number of benzene rings is 2. The third-order valence-corrected chi connectivity index (χ3v) is 7.20. The molecule has 2 aromatic carbocycles. The fraction of sp³-hybridized carbons (Fsp3) is 0.441. The van der Waals surface area contributed by atoms with E-state index >= 15 is 0 Å². The Labute approximate surface area is 277 Å². The number of alkyl halides is 3. The smallest absolute Gasteiger partial charge is 0.416 e. The maximum absolute atomic E-state index is 14.2. The molecule has 1 unspecified atom stereocenters. The number of esters is 1. The van der Waals surface area contributed by atoms with Crippen LogP contribution in [-0.4, -0.2) is 65.8 Å². The van der Waals surface area contributed by atoms with E-state index in [0.717, 1.165) is 28.0 Å². The van der Waals surface area contributed by atoms with E-state index in [1.165, 1.54) is 25.1 Å². The molecule has 14 heteroatoms. The molecule has 0 spiro atoms. The van der Waals surface area contributed by atoms with Gasteiger partial charge < -0.3 is 19.9 Å². The summed E-state index contributed by atoms with van der Waals surface area (Å²) < 4.78 is 51.5. The summed E-state index contributed by atoms with van der Waals surface area (Å²) in [6.45, 7) is 8.59. The average molecular weight is 673 g/mol. The molecule has 0 aliphatic carbocycles. The highest BCUT2D eigenvalue weighted by molar-refractivity contribution is 6.04. The molecule has 48 heavy (non-hydrogen) atoms. The van der Waals surface area contributed by atoms with Crippen LogP contribution >= 0.6 is 0 Å². The summed E-state index contributed by atoms with van der Waals surface area (Å²) in [5, 5.41) is 22.9. The van der Waals surface area contributed by atoms with Gasteiger partial charge in [0.05, 0.1) is 41.1 Å². The molecule has 258 valence electrons. The zero-order valence-electron chi connectivity index (χ0n) is 27.6. The number of nitrogens with one attached hydrogen (secondary N) is 2. The number of aliphatic hydroxyl groups excluding tert-OH is 1. The minimum Gasteiger partial charge on any atom is -0.463 e. The number of carbonyl (C=O) groups excluding carboxylic acids is 3. The number of hydrogen-bond acceptors (Lipinski definition) is 6. The second-order valence-electron chi connectivity index (χ2n) is 12.0. The number of anilines is 1. The van der Waals surface area contributed by atoms with Gasteiger partial charge in [-0.25, -0.2) is 19.4 Å². The number of nitriles is 1. The molecule has 2 aromatic rings. The number of unbranched alkanes of at least 4 members (excludes halogenated alkanes) is 2. The first kappa shape index (κ1) is 37.4. The number of rotatable bonds is 12. The zero-order valence-corrected chi connectivity index (χ0v) is 27.6. The molecule has 3 N–H and O–H groups in total. The normalized spacial score (nSPS) is 15.7. The van der Waals surface area contributed by atoms with E-state index in [0.29, 0.717) is 43.5 Å². The van der Waals surface area contributed by atoms with Gasteiger partial charge in [0, 0.05) is 18.7 Å². The molecule has 3 rings (SSSR count). The number of hydrogen-bond donors (Lipinski definition) is 3. The van der Waals surface area contributed by atoms with Crippen molar-refractivity contribution < 1.29 is 47.1 Å². The summed E-state index contributed by atoms with van der Waals surface area (Å²) in [4.78, 5) is 44.5. The highest BCUT2D eigenvalue weighted by Gasteiger charge is 2.44. The van der Waals surface area contributed by atoms with Crippen LogP contribution in [-0.2, 0) is 20.4 Å². The number of amides is 3. The van der Waals surface area contributed by atoms with Crippen LogP contribution in [0.15, 0.2) is 59.8 Å². The molecular weight excluding hydrogens is 631 g/mol. The van der Waals surface area contributed by atoms with Crippen LogP contribution < -0.4 is 15.2 Å². The van der Waals surface area contributed by atoms with E-state index in [2.05, 4.69) is 10.3 Å². The lowest BCUT2D eigenvalue weighted by Crippen LogP contribution is -2.75. The lowest BCUT2D eigenvalue weighted by Gasteiger charge is -2.42. The van der Waals surface area contributed by atoms with E-state index in [-0.39, 0.29) is 29.5 Å². The molecule has 1 atom stereocenters. The largest absolute Gasteiger partial charge is 0.463 e. The third-order valence-electron chi connectivity index (χ3n) is 7.20. The van der Waals surface area contributed by atoms with Crippen molar-refractivity contribution in [2.24, 2.45) is 0 Å². The van der Waals surface area contributed by atoms with Crippen molar-refractivity contribution in [2.75, 3.05) is 31.1 Å². The zero-order chi connectivity index (χ0) is 35.6. The minimum absolute atomic E-state index is 0.0145. The van der Waals surface area contributed by atoms with Gasteiger partial charge in [-0.15, -0.1) is 0 Å². The van der Waals surface area contributed by atoms with Crippen LogP contribution in [0.25, 0.3) is 0 Å². The van der Waals surface area contributed by atoms with Crippen molar-refractivity contribution in [3.8, 4) is 6.07 Å². The van der Waals surface area contributed by atoms with Gasteiger partial charge in [-0.3, -0.25) is 9.80 Å². The number of urea groups is 1. The van der Waals surface area contributed by atoms with Crippen LogP contribution in [0.1, 0.15) is 76.6 Å². The van der Waals surface area contributed by atoms with Gasteiger partial charge in [0.25, 0.3) is 0 Å². The molecule has 0 saturated carbocycles. The number of ether oxygens (including phenoxy) is 2. The Kier molecular flexibility index (Phi) is 12.6. The van der Waals surface area contributed by atoms with E-state index < -0.39 is 48.0 Å². The summed E-state index contributed by atoms with van der Waals surface area (Å²) in [5.41, 5.74) is -0.959. The van der Waals surface area contributed by atoms with Gasteiger partial charge in [0.2, 0.25) is 0 Å². The Morgan fingerprint density at radius 2 is 1.77 bits per heavy atom. The van der Waals surface area contributed by atoms with Crippen LogP contribution in [0.3, 0.4) is 0 Å². The van der Waals surface area contributed by atoms with Gasteiger partial charge in [0.15, 0.2) is 0 Å². The Bertz CT molecular complexity index is 1580. The fourth-order valence-corrected chi connectivity index (χ4v) is 5.08. The topological polar surface area (TPSA) is 146 Å². The van der Waals surface area contributed by atoms with Gasteiger partial charge in [0.1, 0.15) is 18.7 Å². The molecule has 11 nitrogen and oxygen atoms in total. The second kappa shape index (κ2) is 16.2. The number of aliphatic hydroxyl groups is 1. The molecule has 1 heterocycles. The van der Waals surface area contributed by atoms with Crippen molar-refractivity contribution in [1.82, 2.24) is 10.2 Å². The summed E-state index contributed by atoms with van der Waals surface area (Å²) in [7, 11) is 0. The maximum Gasteiger partial charge on any atom is 0.416 e. The molecule has 3 amide bonds. The second-order valence-corrected chi connectivity index (χ2v) is 12.0. The van der Waals surface area contributed by atoms with Crippen LogP contribution in [0.2, 0.25) is 0 Å². The van der Waals surface area contributed by atoms with E-state index in [1.54, 1.807) is 39.8 Å². The molecule has 0 fully saturated rings. The van der Waals surface area contributed by atoms with Gasteiger partial charge in [-0.1, -0.05) is 18.2 Å². The molecule has 0 radical (unpaired) electrons. The maximum atomic E-state index is 14.2. The number of halogens is 3. The van der Waals surface area contributed by atoms with Crippen LogP contribution in [0, 0.1) is 11.3 Å². The van der Waals surface area contributed by atoms with E-state index in [4.69, 9.17) is 9.47 Å². The first-order valence-electron chi connectivity index (χ1n) is 15.5. The number of alkyl carbamates (subject to hydrolysis) is 1. The minimum atomic E-state index is -4.69. The van der Waals surface area contributed by atoms with E-state index in [9.17, 15) is 37.9 Å². The fourth-order valence-electron chi connectivity index (χ4n) is 5.08. The number of nitrogens with zero attached hydrogens (tertiary/aromatic N) is 3. The summed E-state index contributed by atoms with van der Waals surface area (Å²) in [6.07, 6.45) is -3.28. The monoisotopic (exact) mass is 672 g/mol. The first-order valence-corrected chi connectivity index (χ1v) is 15.5. The van der Waals surface area contributed by atoms with Crippen molar-refractivity contribution in [2.45, 2.75) is 71.7 Å². The van der Waals surface area contributed by atoms with E-state index in [1.807, 2.05) is 6.07 Å². The van der Waals surface area contributed by atoms with Crippen LogP contribution in [0.4, 0.5) is 28.4 Å². The molecule has 1 aliphatic rings. The molecule has 0 bridgehead atoms. The quantitative estimate of drug-likeness (QED) is 0.123. The SMILES string of the molecule is CCOC(=O)C1=C(C)N(c2cccc(C(F)(F)F)c2)C(=O)N(CC(O)=[NH+]CCCCCNC(=O)OC(C)(C)C)C1c1ccc(C#N)cc1. The molecule has 0 aromatic heterocycles. The third kappa shape index (κ3) is 9.97. The standard InChI is InChI=1S/C34H40F3N5O6/c1-6-47-30(44)28-22(2)42(26-12-10-11-25(19-26)34(35,36)37)32(46)41(29(28)24-15-13-23(20-38)14-16-24)21-27(43)39-17-8-7-9-18-40-31(45)48-33(3,4)5/h10-16,19,29H,6-9,17-18,21H2,1-5H3,(H,39,43)(H,40,45)/p+1. The molecular formula is C34H41F3N5O6+. The number of allylic oxidation sites excluding steroid dienone is 1. The first-order chi connectivity index (χ1) is 22.6. The summed E-state index contributed by atoms with van der Waals surface area (Å²) in [6, 6.07) is 10.4. The summed E-state index contributed by atoms with van der Waals surface area (Å²) in [5.74, 6) is -1.12. The van der Waals surface area contributed by atoms with Crippen molar-refractivity contribution in [3.63, 3.8) is 0 Å². The average Bonchev–Trinajstić information content (AvgIpc) is 3.00.